The first-order valence-corrected chi connectivity index (χ1v) is 6.83. The van der Waals surface area contributed by atoms with Crippen molar-refractivity contribution in [3.05, 3.63) is 59.7 Å². The van der Waals surface area contributed by atoms with E-state index in [2.05, 4.69) is 0 Å². The van der Waals surface area contributed by atoms with Gasteiger partial charge in [0.15, 0.2) is 0 Å². The average molecular weight is 300 g/mol. The average Bonchev–Trinajstić information content (AvgIpc) is 2.46. The Morgan fingerprint density at radius 2 is 1.95 bits per heavy atom. The molecule has 1 amide bonds. The highest BCUT2D eigenvalue weighted by atomic mass is 32.1. The molecule has 4 nitrogen and oxygen atoms in total. The number of thiocarbonyl (C=S) groups is 1. The maximum absolute atomic E-state index is 12.4. The standard InChI is InChI=1S/C16H16N2O2S/c1-18(14-8-3-2-7-13(14)16(17)21)15(20)10-11-5-4-6-12(19)9-11/h2-9,19H,10H2,1H3,(H2,17,21). The Kier molecular flexibility index (Phi) is 4.55. The molecular weight excluding hydrogens is 284 g/mol. The van der Waals surface area contributed by atoms with Gasteiger partial charge in [0, 0.05) is 12.6 Å². The van der Waals surface area contributed by atoms with E-state index in [-0.39, 0.29) is 23.1 Å². The Labute approximate surface area is 128 Å². The summed E-state index contributed by atoms with van der Waals surface area (Å²) in [5.41, 5.74) is 7.78. The smallest absolute Gasteiger partial charge is 0.231 e. The van der Waals surface area contributed by atoms with Crippen LogP contribution in [0, 0.1) is 0 Å². The summed E-state index contributed by atoms with van der Waals surface area (Å²) in [5, 5.41) is 9.44. The van der Waals surface area contributed by atoms with Crippen molar-refractivity contribution in [3.8, 4) is 5.75 Å². The van der Waals surface area contributed by atoms with Gasteiger partial charge in [-0.15, -0.1) is 0 Å². The molecule has 108 valence electrons. The van der Waals surface area contributed by atoms with E-state index in [0.29, 0.717) is 11.3 Å². The van der Waals surface area contributed by atoms with Crippen molar-refractivity contribution in [3.63, 3.8) is 0 Å². The molecular formula is C16H16N2O2S. The van der Waals surface area contributed by atoms with Crippen molar-refractivity contribution in [2.45, 2.75) is 6.42 Å². The topological polar surface area (TPSA) is 66.6 Å². The summed E-state index contributed by atoms with van der Waals surface area (Å²) in [7, 11) is 1.68. The molecule has 0 aliphatic rings. The molecule has 0 fully saturated rings. The lowest BCUT2D eigenvalue weighted by atomic mass is 10.1. The van der Waals surface area contributed by atoms with E-state index < -0.39 is 0 Å². The second kappa shape index (κ2) is 6.37. The molecule has 0 aliphatic heterocycles. The Balaban J connectivity index is 2.22. The monoisotopic (exact) mass is 300 g/mol. The second-order valence-corrected chi connectivity index (χ2v) is 5.12. The normalized spacial score (nSPS) is 10.1. The summed E-state index contributed by atoms with van der Waals surface area (Å²) in [4.78, 5) is 14.1. The maximum atomic E-state index is 12.4. The van der Waals surface area contributed by atoms with Crippen LogP contribution >= 0.6 is 12.2 Å². The lowest BCUT2D eigenvalue weighted by Crippen LogP contribution is -2.30. The quantitative estimate of drug-likeness (QED) is 0.850. The van der Waals surface area contributed by atoms with E-state index >= 15 is 0 Å². The number of rotatable bonds is 4. The summed E-state index contributed by atoms with van der Waals surface area (Å²) < 4.78 is 0. The first-order valence-electron chi connectivity index (χ1n) is 6.42. The number of carbonyl (C=O) groups is 1. The minimum Gasteiger partial charge on any atom is -0.508 e. The second-order valence-electron chi connectivity index (χ2n) is 4.68. The lowest BCUT2D eigenvalue weighted by molar-refractivity contribution is -0.117. The van der Waals surface area contributed by atoms with Crippen LogP contribution in [0.4, 0.5) is 5.69 Å². The van der Waals surface area contributed by atoms with Crippen molar-refractivity contribution >= 4 is 28.8 Å². The van der Waals surface area contributed by atoms with Gasteiger partial charge in [0.2, 0.25) is 5.91 Å². The Hall–Kier alpha value is -2.40. The largest absolute Gasteiger partial charge is 0.508 e. The molecule has 0 unspecified atom stereocenters. The summed E-state index contributed by atoms with van der Waals surface area (Å²) >= 11 is 5.01. The van der Waals surface area contributed by atoms with Crippen LogP contribution in [0.1, 0.15) is 11.1 Å². The maximum Gasteiger partial charge on any atom is 0.231 e. The third-order valence-corrected chi connectivity index (χ3v) is 3.39. The molecule has 0 radical (unpaired) electrons. The van der Waals surface area contributed by atoms with E-state index in [9.17, 15) is 9.90 Å². The van der Waals surface area contributed by atoms with Gasteiger partial charge in [0.25, 0.3) is 0 Å². The number of benzene rings is 2. The molecule has 5 heteroatoms. The number of hydrogen-bond acceptors (Lipinski definition) is 3. The van der Waals surface area contributed by atoms with E-state index in [4.69, 9.17) is 18.0 Å². The highest BCUT2D eigenvalue weighted by Crippen LogP contribution is 2.20. The summed E-state index contributed by atoms with van der Waals surface area (Å²) in [5.74, 6) is 0.0378. The molecule has 0 saturated carbocycles. The SMILES string of the molecule is CN(C(=O)Cc1cccc(O)c1)c1ccccc1C(N)=S. The minimum atomic E-state index is -0.107. The molecule has 0 aliphatic carbocycles. The van der Waals surface area contributed by atoms with E-state index in [1.165, 1.54) is 4.90 Å². The van der Waals surface area contributed by atoms with Gasteiger partial charge in [-0.2, -0.15) is 0 Å². The zero-order valence-electron chi connectivity index (χ0n) is 11.6. The van der Waals surface area contributed by atoms with Gasteiger partial charge in [0.1, 0.15) is 10.7 Å². The first kappa shape index (κ1) is 15.0. The minimum absolute atomic E-state index is 0.107. The fourth-order valence-corrected chi connectivity index (χ4v) is 2.24. The fraction of sp³-hybridized carbons (Fsp3) is 0.125. The van der Waals surface area contributed by atoms with Crippen molar-refractivity contribution in [2.24, 2.45) is 5.73 Å². The van der Waals surface area contributed by atoms with Crippen LogP contribution in [0.2, 0.25) is 0 Å². The zero-order valence-corrected chi connectivity index (χ0v) is 12.4. The number of aromatic hydroxyl groups is 1. The number of phenols is 1. The third-order valence-electron chi connectivity index (χ3n) is 3.17. The molecule has 3 N–H and O–H groups in total. The highest BCUT2D eigenvalue weighted by Gasteiger charge is 2.15. The summed E-state index contributed by atoms with van der Waals surface area (Å²) in [6.07, 6.45) is 0.191. The Morgan fingerprint density at radius 3 is 2.62 bits per heavy atom. The van der Waals surface area contributed by atoms with Crippen LogP contribution < -0.4 is 10.6 Å². The number of likely N-dealkylation sites (N-methyl/N-ethyl adjacent to an activating group) is 1. The lowest BCUT2D eigenvalue weighted by Gasteiger charge is -2.20. The zero-order chi connectivity index (χ0) is 15.4. The number of hydrogen-bond donors (Lipinski definition) is 2. The molecule has 2 aromatic carbocycles. The summed E-state index contributed by atoms with van der Waals surface area (Å²) in [6, 6.07) is 13.9. The molecule has 0 atom stereocenters. The van der Waals surface area contributed by atoms with Crippen LogP contribution in [-0.2, 0) is 11.2 Å². The van der Waals surface area contributed by atoms with Crippen molar-refractivity contribution in [1.82, 2.24) is 0 Å². The number of nitrogens with zero attached hydrogens (tertiary/aromatic N) is 1. The molecule has 0 heterocycles. The predicted octanol–water partition coefficient (Wildman–Crippen LogP) is 2.23. The van der Waals surface area contributed by atoms with Gasteiger partial charge in [-0.05, 0) is 29.8 Å². The van der Waals surface area contributed by atoms with E-state index in [0.717, 1.165) is 5.56 Å². The Morgan fingerprint density at radius 1 is 1.24 bits per heavy atom. The van der Waals surface area contributed by atoms with Crippen LogP contribution in [-0.4, -0.2) is 23.0 Å². The van der Waals surface area contributed by atoms with Gasteiger partial charge < -0.3 is 15.7 Å². The van der Waals surface area contributed by atoms with Gasteiger partial charge in [-0.1, -0.05) is 36.5 Å². The number of para-hydroxylation sites is 1. The molecule has 2 aromatic rings. The van der Waals surface area contributed by atoms with Gasteiger partial charge >= 0.3 is 0 Å². The molecule has 0 spiro atoms. The molecule has 2 rings (SSSR count). The first-order chi connectivity index (χ1) is 9.99. The van der Waals surface area contributed by atoms with Crippen LogP contribution in [0.15, 0.2) is 48.5 Å². The van der Waals surface area contributed by atoms with Gasteiger partial charge in [-0.3, -0.25) is 4.79 Å². The van der Waals surface area contributed by atoms with Crippen LogP contribution in [0.3, 0.4) is 0 Å². The fourth-order valence-electron chi connectivity index (χ4n) is 2.07. The van der Waals surface area contributed by atoms with Crippen LogP contribution in [0.5, 0.6) is 5.75 Å². The molecule has 0 aromatic heterocycles. The van der Waals surface area contributed by atoms with Crippen molar-refractivity contribution < 1.29 is 9.90 Å². The Bertz CT molecular complexity index is 685. The van der Waals surface area contributed by atoms with E-state index in [1.54, 1.807) is 43.4 Å². The molecule has 0 saturated heterocycles. The summed E-state index contributed by atoms with van der Waals surface area (Å²) in [6.45, 7) is 0. The van der Waals surface area contributed by atoms with Crippen molar-refractivity contribution in [1.29, 1.82) is 0 Å². The molecule has 21 heavy (non-hydrogen) atoms. The van der Waals surface area contributed by atoms with Gasteiger partial charge in [-0.25, -0.2) is 0 Å². The number of phenolic OH excluding ortho intramolecular Hbond substituents is 1. The van der Waals surface area contributed by atoms with E-state index in [1.807, 2.05) is 12.1 Å². The molecule has 0 bridgehead atoms. The third kappa shape index (κ3) is 3.58. The van der Waals surface area contributed by atoms with Crippen molar-refractivity contribution in [2.75, 3.05) is 11.9 Å². The highest BCUT2D eigenvalue weighted by molar-refractivity contribution is 7.80. The van der Waals surface area contributed by atoms with Crippen LogP contribution in [0.25, 0.3) is 0 Å². The van der Waals surface area contributed by atoms with Gasteiger partial charge in [0.05, 0.1) is 12.1 Å². The number of amides is 1. The number of nitrogens with two attached hydrogens (primary N) is 1. The number of carbonyl (C=O) groups excluding carboxylic acids is 1. The predicted molar refractivity (Wildman–Crippen MR) is 87.6 cm³/mol. The number of anilines is 1.